The Labute approximate surface area is 223 Å². The van der Waals surface area contributed by atoms with Gasteiger partial charge in [-0.1, -0.05) is 36.4 Å². The summed E-state index contributed by atoms with van der Waals surface area (Å²) in [6.45, 7) is 6.65. The Morgan fingerprint density at radius 3 is 2.63 bits per heavy atom. The minimum absolute atomic E-state index is 0.000759. The van der Waals surface area contributed by atoms with E-state index in [2.05, 4.69) is 6.08 Å². The lowest BCUT2D eigenvalue weighted by Gasteiger charge is -2.38. The first kappa shape index (κ1) is 27.4. The van der Waals surface area contributed by atoms with Gasteiger partial charge in [-0.05, 0) is 56.4 Å². The Bertz CT molecular complexity index is 1180. The molecule has 38 heavy (non-hydrogen) atoms. The minimum atomic E-state index is -0.507. The number of halogens is 1. The van der Waals surface area contributed by atoms with Crippen LogP contribution in [0.5, 0.6) is 5.75 Å². The highest BCUT2D eigenvalue weighted by atomic mass is 19.1. The summed E-state index contributed by atoms with van der Waals surface area (Å²) < 4.78 is 20.0. The van der Waals surface area contributed by atoms with Gasteiger partial charge in [0.25, 0.3) is 5.91 Å². The quantitative estimate of drug-likeness (QED) is 0.555. The van der Waals surface area contributed by atoms with E-state index in [0.717, 1.165) is 5.56 Å². The van der Waals surface area contributed by atoms with Crippen LogP contribution in [0, 0.1) is 17.7 Å². The van der Waals surface area contributed by atoms with Crippen molar-refractivity contribution in [1.29, 1.82) is 0 Å². The molecule has 2 aromatic carbocycles. The number of piperidine rings is 1. The summed E-state index contributed by atoms with van der Waals surface area (Å²) in [6.07, 6.45) is 5.16. The molecule has 7 nitrogen and oxygen atoms in total. The second kappa shape index (κ2) is 12.7. The Balaban J connectivity index is 1.61. The molecule has 1 saturated heterocycles. The van der Waals surface area contributed by atoms with Gasteiger partial charge in [0.2, 0.25) is 11.8 Å². The number of nitrogens with zero attached hydrogens (tertiary/aromatic N) is 3. The lowest BCUT2D eigenvalue weighted by atomic mass is 9.82. The van der Waals surface area contributed by atoms with Crippen molar-refractivity contribution in [2.75, 3.05) is 39.3 Å². The van der Waals surface area contributed by atoms with E-state index in [0.29, 0.717) is 51.4 Å². The lowest BCUT2D eigenvalue weighted by Crippen LogP contribution is -2.48. The van der Waals surface area contributed by atoms with Gasteiger partial charge in [0, 0.05) is 43.7 Å². The van der Waals surface area contributed by atoms with Crippen molar-refractivity contribution in [2.24, 2.45) is 11.8 Å². The summed E-state index contributed by atoms with van der Waals surface area (Å²) in [5, 5.41) is 0. The van der Waals surface area contributed by atoms with Crippen LogP contribution in [0.3, 0.4) is 0 Å². The molecule has 2 aliphatic rings. The van der Waals surface area contributed by atoms with Gasteiger partial charge in [0.15, 0.2) is 0 Å². The predicted octanol–water partition coefficient (Wildman–Crippen LogP) is 4.14. The van der Waals surface area contributed by atoms with E-state index in [-0.39, 0.29) is 42.3 Å². The first-order valence-electron chi connectivity index (χ1n) is 13.4. The molecule has 8 heteroatoms. The summed E-state index contributed by atoms with van der Waals surface area (Å²) in [6, 6.07) is 12.9. The maximum Gasteiger partial charge on any atom is 0.254 e. The molecule has 0 radical (unpaired) electrons. The molecule has 2 bridgehead atoms. The van der Waals surface area contributed by atoms with Crippen molar-refractivity contribution in [3.63, 3.8) is 0 Å². The molecule has 1 fully saturated rings. The second-order valence-corrected chi connectivity index (χ2v) is 9.84. The summed E-state index contributed by atoms with van der Waals surface area (Å²) >= 11 is 0. The maximum absolute atomic E-state index is 13.9. The van der Waals surface area contributed by atoms with Crippen molar-refractivity contribution < 1.29 is 23.5 Å². The van der Waals surface area contributed by atoms with Gasteiger partial charge in [0.1, 0.15) is 24.7 Å². The van der Waals surface area contributed by atoms with Crippen molar-refractivity contribution in [2.45, 2.75) is 33.2 Å². The van der Waals surface area contributed by atoms with Crippen molar-refractivity contribution in [3.05, 3.63) is 77.6 Å². The smallest absolute Gasteiger partial charge is 0.254 e. The number of para-hydroxylation sites is 1. The van der Waals surface area contributed by atoms with E-state index < -0.39 is 11.7 Å². The third-order valence-electron chi connectivity index (χ3n) is 7.45. The molecular weight excluding hydrogens is 485 g/mol. The zero-order valence-electron chi connectivity index (χ0n) is 22.1. The lowest BCUT2D eigenvalue weighted by molar-refractivity contribution is -0.135. The van der Waals surface area contributed by atoms with Gasteiger partial charge >= 0.3 is 0 Å². The molecule has 4 rings (SSSR count). The van der Waals surface area contributed by atoms with Crippen molar-refractivity contribution in [1.82, 2.24) is 14.7 Å². The van der Waals surface area contributed by atoms with E-state index in [1.54, 1.807) is 11.0 Å². The van der Waals surface area contributed by atoms with Gasteiger partial charge in [-0.15, -0.1) is 0 Å². The molecule has 2 heterocycles. The molecular formula is C30H36FN3O4. The Hall–Kier alpha value is -3.68. The predicted molar refractivity (Wildman–Crippen MR) is 143 cm³/mol. The number of rotatable bonds is 5. The van der Waals surface area contributed by atoms with Crippen LogP contribution in [-0.2, 0) is 16.1 Å². The largest absolute Gasteiger partial charge is 0.489 e. The highest BCUT2D eigenvalue weighted by molar-refractivity contribution is 5.96. The monoisotopic (exact) mass is 521 g/mol. The van der Waals surface area contributed by atoms with Crippen molar-refractivity contribution in [3.8, 4) is 5.75 Å². The van der Waals surface area contributed by atoms with Crippen LogP contribution < -0.4 is 4.74 Å². The second-order valence-electron chi connectivity index (χ2n) is 9.84. The first-order valence-corrected chi connectivity index (χ1v) is 13.4. The number of fused-ring (bicyclic) bond motifs is 3. The fraction of sp³-hybridized carbons (Fsp3) is 0.433. The number of benzene rings is 2. The van der Waals surface area contributed by atoms with Crippen LogP contribution in [0.2, 0.25) is 0 Å². The number of ether oxygens (including phenoxy) is 1. The van der Waals surface area contributed by atoms with Crippen LogP contribution in [0.4, 0.5) is 4.39 Å². The van der Waals surface area contributed by atoms with E-state index in [4.69, 9.17) is 4.74 Å². The van der Waals surface area contributed by atoms with Crippen LogP contribution >= 0.6 is 0 Å². The topological polar surface area (TPSA) is 70.2 Å². The molecule has 202 valence electrons. The number of hydrogen-bond donors (Lipinski definition) is 0. The number of carbonyl (C=O) groups is 3. The normalized spacial score (nSPS) is 19.9. The zero-order chi connectivity index (χ0) is 27.1. The standard InChI is InChI=1S/C30H36FN3O4/c1-3-32(4-2)28(35)18-22-14-15-33-19-24(22)11-8-16-38-27-13-6-5-9-25(27)20-34(21-29(33)36)30(37)23-10-7-12-26(31)17-23/h5-13,17,22,24H,3-4,14-16,18-21H2,1-2H3/t22-,24-/m0/s1. The highest BCUT2D eigenvalue weighted by Gasteiger charge is 2.33. The third-order valence-corrected chi connectivity index (χ3v) is 7.45. The van der Waals surface area contributed by atoms with Gasteiger partial charge < -0.3 is 19.4 Å². The summed E-state index contributed by atoms with van der Waals surface area (Å²) in [5.74, 6) is -0.223. The van der Waals surface area contributed by atoms with Crippen LogP contribution in [0.15, 0.2) is 60.7 Å². The molecule has 0 aliphatic carbocycles. The molecule has 0 unspecified atom stereocenters. The van der Waals surface area contributed by atoms with E-state index >= 15 is 0 Å². The average molecular weight is 522 g/mol. The fourth-order valence-electron chi connectivity index (χ4n) is 5.27. The van der Waals surface area contributed by atoms with Crippen LogP contribution in [0.25, 0.3) is 0 Å². The van der Waals surface area contributed by atoms with Gasteiger partial charge in [-0.3, -0.25) is 14.4 Å². The number of carbonyl (C=O) groups excluding carboxylic acids is 3. The molecule has 0 spiro atoms. The van der Waals surface area contributed by atoms with Gasteiger partial charge in [-0.2, -0.15) is 0 Å². The SMILES string of the molecule is CCN(CC)C(=O)C[C@@H]1CCN2C[C@@H]1C=CCOc1ccccc1CN(C(=O)c1cccc(F)c1)CC2=O. The summed E-state index contributed by atoms with van der Waals surface area (Å²) in [7, 11) is 0. The van der Waals surface area contributed by atoms with Gasteiger partial charge in [0.05, 0.1) is 6.54 Å². The molecule has 0 saturated carbocycles. The fourth-order valence-corrected chi connectivity index (χ4v) is 5.27. The minimum Gasteiger partial charge on any atom is -0.489 e. The first-order chi connectivity index (χ1) is 18.4. The molecule has 3 amide bonds. The molecule has 2 aromatic rings. The number of hydrogen-bond acceptors (Lipinski definition) is 4. The molecule has 2 aliphatic heterocycles. The summed E-state index contributed by atoms with van der Waals surface area (Å²) in [4.78, 5) is 44.9. The van der Waals surface area contributed by atoms with Crippen LogP contribution in [-0.4, -0.2) is 71.8 Å². The van der Waals surface area contributed by atoms with Crippen molar-refractivity contribution >= 4 is 17.7 Å². The average Bonchev–Trinajstić information content (AvgIpc) is 2.92. The van der Waals surface area contributed by atoms with E-state index in [1.165, 1.54) is 23.1 Å². The molecule has 0 aromatic heterocycles. The summed E-state index contributed by atoms with van der Waals surface area (Å²) in [5.41, 5.74) is 0.951. The highest BCUT2D eigenvalue weighted by Crippen LogP contribution is 2.30. The Kier molecular flexibility index (Phi) is 9.15. The number of amides is 3. The molecule has 2 atom stereocenters. The van der Waals surface area contributed by atoms with Crippen LogP contribution in [0.1, 0.15) is 42.6 Å². The van der Waals surface area contributed by atoms with E-state index in [1.807, 2.05) is 49.1 Å². The Morgan fingerprint density at radius 2 is 1.87 bits per heavy atom. The molecule has 0 N–H and O–H groups in total. The zero-order valence-corrected chi connectivity index (χ0v) is 22.1. The van der Waals surface area contributed by atoms with E-state index in [9.17, 15) is 18.8 Å². The maximum atomic E-state index is 13.9. The Morgan fingerprint density at radius 1 is 1.08 bits per heavy atom. The van der Waals surface area contributed by atoms with Gasteiger partial charge in [-0.25, -0.2) is 4.39 Å². The third kappa shape index (κ3) is 6.60.